The van der Waals surface area contributed by atoms with Crippen molar-refractivity contribution in [3.8, 4) is 0 Å². The quantitative estimate of drug-likeness (QED) is 0.889. The molecule has 0 aliphatic heterocycles. The first kappa shape index (κ1) is 13.8. The van der Waals surface area contributed by atoms with Gasteiger partial charge in [-0.25, -0.2) is 4.39 Å². The van der Waals surface area contributed by atoms with Crippen LogP contribution in [0.3, 0.4) is 0 Å². The first-order chi connectivity index (χ1) is 9.10. The van der Waals surface area contributed by atoms with Crippen LogP contribution in [-0.2, 0) is 0 Å². The lowest BCUT2D eigenvalue weighted by Crippen LogP contribution is -2.16. The van der Waals surface area contributed by atoms with E-state index < -0.39 is 6.04 Å². The molecule has 0 aromatic heterocycles. The SMILES string of the molecule is Cc1ccc(F)c(C(CO)Nc2ccc(Cl)cc2)c1. The van der Waals surface area contributed by atoms with Gasteiger partial charge in [0, 0.05) is 16.3 Å². The minimum atomic E-state index is -0.485. The fourth-order valence-corrected chi connectivity index (χ4v) is 2.03. The van der Waals surface area contributed by atoms with Gasteiger partial charge in [-0.1, -0.05) is 29.3 Å². The van der Waals surface area contributed by atoms with Gasteiger partial charge in [0.15, 0.2) is 0 Å². The molecule has 0 heterocycles. The zero-order valence-electron chi connectivity index (χ0n) is 10.5. The van der Waals surface area contributed by atoms with Gasteiger partial charge in [-0.2, -0.15) is 0 Å². The van der Waals surface area contributed by atoms with E-state index in [1.807, 2.05) is 6.92 Å². The molecule has 0 bridgehead atoms. The monoisotopic (exact) mass is 279 g/mol. The lowest BCUT2D eigenvalue weighted by Gasteiger charge is -2.19. The van der Waals surface area contributed by atoms with Crippen molar-refractivity contribution in [1.82, 2.24) is 0 Å². The third-order valence-electron chi connectivity index (χ3n) is 2.89. The third kappa shape index (κ3) is 3.46. The number of hydrogen-bond acceptors (Lipinski definition) is 2. The second-order valence-electron chi connectivity index (χ2n) is 4.41. The molecule has 0 aliphatic carbocycles. The van der Waals surface area contributed by atoms with Crippen LogP contribution in [0.25, 0.3) is 0 Å². The number of aryl methyl sites for hydroxylation is 1. The van der Waals surface area contributed by atoms with Crippen molar-refractivity contribution in [2.24, 2.45) is 0 Å². The van der Waals surface area contributed by atoms with Gasteiger partial charge in [-0.3, -0.25) is 0 Å². The van der Waals surface area contributed by atoms with Gasteiger partial charge in [-0.15, -0.1) is 0 Å². The summed E-state index contributed by atoms with van der Waals surface area (Å²) in [4.78, 5) is 0. The van der Waals surface area contributed by atoms with Crippen LogP contribution in [-0.4, -0.2) is 11.7 Å². The molecule has 1 atom stereocenters. The molecule has 0 amide bonds. The lowest BCUT2D eigenvalue weighted by atomic mass is 10.0. The fourth-order valence-electron chi connectivity index (χ4n) is 1.90. The Morgan fingerprint density at radius 2 is 1.89 bits per heavy atom. The number of hydrogen-bond donors (Lipinski definition) is 2. The fraction of sp³-hybridized carbons (Fsp3) is 0.200. The molecular formula is C15H15ClFNO. The molecule has 0 spiro atoms. The Morgan fingerprint density at radius 1 is 1.21 bits per heavy atom. The average Bonchev–Trinajstić information content (AvgIpc) is 2.41. The van der Waals surface area contributed by atoms with E-state index in [2.05, 4.69) is 5.32 Å². The number of benzene rings is 2. The molecule has 19 heavy (non-hydrogen) atoms. The van der Waals surface area contributed by atoms with Crippen LogP contribution in [0.4, 0.5) is 10.1 Å². The molecule has 1 unspecified atom stereocenters. The predicted molar refractivity (Wildman–Crippen MR) is 76.0 cm³/mol. The average molecular weight is 280 g/mol. The maximum absolute atomic E-state index is 13.8. The summed E-state index contributed by atoms with van der Waals surface area (Å²) in [5, 5.41) is 13.2. The Morgan fingerprint density at radius 3 is 2.53 bits per heavy atom. The summed E-state index contributed by atoms with van der Waals surface area (Å²) in [6.45, 7) is 1.70. The summed E-state index contributed by atoms with van der Waals surface area (Å²) < 4.78 is 13.8. The van der Waals surface area contributed by atoms with Crippen molar-refractivity contribution >= 4 is 17.3 Å². The van der Waals surface area contributed by atoms with Gasteiger partial charge >= 0.3 is 0 Å². The Hall–Kier alpha value is -1.58. The van der Waals surface area contributed by atoms with E-state index in [1.54, 1.807) is 36.4 Å². The van der Waals surface area contributed by atoms with Crippen molar-refractivity contribution < 1.29 is 9.50 Å². The van der Waals surface area contributed by atoms with E-state index in [1.165, 1.54) is 6.07 Å². The maximum atomic E-state index is 13.8. The van der Waals surface area contributed by atoms with Crippen molar-refractivity contribution in [1.29, 1.82) is 0 Å². The molecule has 2 nitrogen and oxygen atoms in total. The number of aliphatic hydroxyl groups is 1. The van der Waals surface area contributed by atoms with Crippen molar-refractivity contribution in [3.05, 3.63) is 64.4 Å². The van der Waals surface area contributed by atoms with E-state index >= 15 is 0 Å². The largest absolute Gasteiger partial charge is 0.394 e. The number of halogens is 2. The van der Waals surface area contributed by atoms with Gasteiger partial charge in [0.2, 0.25) is 0 Å². The zero-order chi connectivity index (χ0) is 13.8. The summed E-state index contributed by atoms with van der Waals surface area (Å²) >= 11 is 5.81. The molecule has 0 saturated heterocycles. The van der Waals surface area contributed by atoms with Gasteiger partial charge in [-0.05, 0) is 37.3 Å². The van der Waals surface area contributed by atoms with Crippen LogP contribution in [0.5, 0.6) is 0 Å². The van der Waals surface area contributed by atoms with Crippen LogP contribution < -0.4 is 5.32 Å². The van der Waals surface area contributed by atoms with Crippen LogP contribution in [0.1, 0.15) is 17.2 Å². The first-order valence-electron chi connectivity index (χ1n) is 5.99. The van der Waals surface area contributed by atoms with Crippen LogP contribution in [0, 0.1) is 12.7 Å². The number of anilines is 1. The molecule has 0 fully saturated rings. The van der Waals surface area contributed by atoms with Crippen molar-refractivity contribution in [2.45, 2.75) is 13.0 Å². The van der Waals surface area contributed by atoms with Crippen LogP contribution in [0.15, 0.2) is 42.5 Å². The predicted octanol–water partition coefficient (Wildman–Crippen LogP) is 3.93. The lowest BCUT2D eigenvalue weighted by molar-refractivity contribution is 0.274. The summed E-state index contributed by atoms with van der Waals surface area (Å²) in [6.07, 6.45) is 0. The van der Waals surface area contributed by atoms with Crippen LogP contribution >= 0.6 is 11.6 Å². The molecule has 2 N–H and O–H groups in total. The number of nitrogens with one attached hydrogen (secondary N) is 1. The second-order valence-corrected chi connectivity index (χ2v) is 4.85. The van der Waals surface area contributed by atoms with Crippen molar-refractivity contribution in [2.75, 3.05) is 11.9 Å². The van der Waals surface area contributed by atoms with E-state index in [9.17, 15) is 9.50 Å². The Bertz CT molecular complexity index is 557. The van der Waals surface area contributed by atoms with E-state index in [4.69, 9.17) is 11.6 Å². The molecular weight excluding hydrogens is 265 g/mol. The highest BCUT2D eigenvalue weighted by Crippen LogP contribution is 2.23. The summed E-state index contributed by atoms with van der Waals surface area (Å²) in [5.74, 6) is -0.328. The summed E-state index contributed by atoms with van der Waals surface area (Å²) in [6, 6.07) is 11.4. The summed E-state index contributed by atoms with van der Waals surface area (Å²) in [5.41, 5.74) is 2.19. The standard InChI is InChI=1S/C15H15ClFNO/c1-10-2-7-14(17)13(8-10)15(9-19)18-12-5-3-11(16)4-6-12/h2-8,15,18-19H,9H2,1H3. The Labute approximate surface area is 116 Å². The van der Waals surface area contributed by atoms with Gasteiger partial charge in [0.05, 0.1) is 12.6 Å². The van der Waals surface area contributed by atoms with E-state index in [0.717, 1.165) is 11.3 Å². The highest BCUT2D eigenvalue weighted by atomic mass is 35.5. The third-order valence-corrected chi connectivity index (χ3v) is 3.15. The van der Waals surface area contributed by atoms with Crippen LogP contribution in [0.2, 0.25) is 5.02 Å². The van der Waals surface area contributed by atoms with Gasteiger partial charge in [0.1, 0.15) is 5.82 Å². The maximum Gasteiger partial charge on any atom is 0.128 e. The summed E-state index contributed by atoms with van der Waals surface area (Å²) in [7, 11) is 0. The molecule has 4 heteroatoms. The number of aliphatic hydroxyl groups excluding tert-OH is 1. The molecule has 0 radical (unpaired) electrons. The van der Waals surface area contributed by atoms with Gasteiger partial charge in [0.25, 0.3) is 0 Å². The molecule has 2 aromatic carbocycles. The first-order valence-corrected chi connectivity index (χ1v) is 6.37. The molecule has 100 valence electrons. The van der Waals surface area contributed by atoms with E-state index in [-0.39, 0.29) is 12.4 Å². The Kier molecular flexibility index (Phi) is 4.40. The molecule has 2 rings (SSSR count). The topological polar surface area (TPSA) is 32.3 Å². The highest BCUT2D eigenvalue weighted by molar-refractivity contribution is 6.30. The molecule has 2 aromatic rings. The van der Waals surface area contributed by atoms with Crippen molar-refractivity contribution in [3.63, 3.8) is 0 Å². The smallest absolute Gasteiger partial charge is 0.128 e. The number of rotatable bonds is 4. The minimum Gasteiger partial charge on any atom is -0.394 e. The second kappa shape index (κ2) is 6.04. The molecule has 0 aliphatic rings. The zero-order valence-corrected chi connectivity index (χ0v) is 11.3. The normalized spacial score (nSPS) is 12.2. The van der Waals surface area contributed by atoms with E-state index in [0.29, 0.717) is 10.6 Å². The molecule has 0 saturated carbocycles. The highest BCUT2D eigenvalue weighted by Gasteiger charge is 2.15. The Balaban J connectivity index is 2.24. The van der Waals surface area contributed by atoms with Gasteiger partial charge < -0.3 is 10.4 Å². The minimum absolute atomic E-state index is 0.191.